The monoisotopic (exact) mass is 875 g/mol. The highest BCUT2D eigenvalue weighted by atomic mass is 32.2. The van der Waals surface area contributed by atoms with Crippen LogP contribution in [-0.2, 0) is 14.3 Å². The van der Waals surface area contributed by atoms with E-state index in [1.165, 1.54) is 17.0 Å². The molecule has 314 valence electrons. The second kappa shape index (κ2) is 19.0. The number of amides is 4. The predicted octanol–water partition coefficient (Wildman–Crippen LogP) is 9.66. The number of ketones is 1. The van der Waals surface area contributed by atoms with Crippen LogP contribution < -0.4 is 10.6 Å². The molecule has 63 heavy (non-hydrogen) atoms. The maximum atomic E-state index is 14.9. The van der Waals surface area contributed by atoms with E-state index in [-0.39, 0.29) is 41.5 Å². The van der Waals surface area contributed by atoms with E-state index in [0.29, 0.717) is 11.0 Å². The van der Waals surface area contributed by atoms with Gasteiger partial charge in [-0.05, 0) is 70.3 Å². The lowest BCUT2D eigenvalue weighted by Crippen LogP contribution is -2.46. The van der Waals surface area contributed by atoms with Gasteiger partial charge in [0.15, 0.2) is 5.78 Å². The molecular weight excluding hydrogens is 837 g/mol. The molecule has 8 nitrogen and oxygen atoms in total. The zero-order valence-electron chi connectivity index (χ0n) is 33.6. The molecule has 12 heteroatoms. The average Bonchev–Trinajstić information content (AvgIpc) is 3.88. The van der Waals surface area contributed by atoms with Crippen LogP contribution in [0.3, 0.4) is 0 Å². The van der Waals surface area contributed by atoms with E-state index >= 15 is 0 Å². The minimum absolute atomic E-state index is 0.00661. The Morgan fingerprint density at radius 3 is 1.87 bits per heavy atom. The van der Waals surface area contributed by atoms with Gasteiger partial charge in [0.2, 0.25) is 5.91 Å². The molecule has 2 fully saturated rings. The summed E-state index contributed by atoms with van der Waals surface area (Å²) in [6.07, 6.45) is 5.53. The number of imide groups is 1. The van der Waals surface area contributed by atoms with Gasteiger partial charge in [-0.3, -0.25) is 29.3 Å². The third-order valence-electron chi connectivity index (χ3n) is 10.9. The highest BCUT2D eigenvalue weighted by Gasteiger charge is 2.46. The summed E-state index contributed by atoms with van der Waals surface area (Å²) < 4.78 is 28.0. The average molecular weight is 876 g/mol. The number of rotatable bonds is 13. The Morgan fingerprint density at radius 2 is 1.30 bits per heavy atom. The first kappa shape index (κ1) is 42.8. The zero-order valence-corrected chi connectivity index (χ0v) is 35.2. The molecule has 0 aromatic heterocycles. The number of likely N-dealkylation sites (tertiary alicyclic amines) is 1. The highest BCUT2D eigenvalue weighted by molar-refractivity contribution is 8.18. The van der Waals surface area contributed by atoms with Crippen molar-refractivity contribution in [3.05, 3.63) is 225 Å². The number of halogens is 2. The lowest BCUT2D eigenvalue weighted by atomic mass is 9.84. The van der Waals surface area contributed by atoms with Crippen molar-refractivity contribution in [2.24, 2.45) is 0 Å². The molecule has 0 spiro atoms. The smallest absolute Gasteiger partial charge is 0.290 e. The Bertz CT molecular complexity index is 2650. The van der Waals surface area contributed by atoms with Gasteiger partial charge < -0.3 is 10.2 Å². The summed E-state index contributed by atoms with van der Waals surface area (Å²) in [6, 6.07) is 45.5. The SMILES string of the molecule is O=C1NC(=O)C(=Cc2ccc(C=CCNC(=O)[C@@H]3C[C@@H](SC(c4ccccc4)(c4ccccc4)c4ccccc4)CN3C(=O)c3ccccc3C(=O)c3ccc(F)cc3F)cc2)S1. The van der Waals surface area contributed by atoms with Crippen molar-refractivity contribution in [2.45, 2.75) is 22.5 Å². The van der Waals surface area contributed by atoms with E-state index in [1.54, 1.807) is 36.0 Å². The minimum atomic E-state index is -1.05. The molecule has 0 saturated carbocycles. The van der Waals surface area contributed by atoms with Gasteiger partial charge in [-0.1, -0.05) is 146 Å². The van der Waals surface area contributed by atoms with Gasteiger partial charge in [-0.25, -0.2) is 8.78 Å². The number of nitrogens with zero attached hydrogens (tertiary/aromatic N) is 1. The summed E-state index contributed by atoms with van der Waals surface area (Å²) in [7, 11) is 0. The quantitative estimate of drug-likeness (QED) is 0.0676. The van der Waals surface area contributed by atoms with Gasteiger partial charge in [0.05, 0.1) is 20.8 Å². The molecule has 2 N–H and O–H groups in total. The molecule has 8 rings (SSSR count). The number of thioether (sulfide) groups is 2. The first-order chi connectivity index (χ1) is 30.6. The molecule has 6 aromatic carbocycles. The fraction of sp³-hybridized carbons (Fsp3) is 0.118. The van der Waals surface area contributed by atoms with Gasteiger partial charge in [0.1, 0.15) is 17.7 Å². The van der Waals surface area contributed by atoms with Gasteiger partial charge in [0.25, 0.3) is 17.1 Å². The van der Waals surface area contributed by atoms with Crippen LogP contribution in [0.15, 0.2) is 169 Å². The number of hydrogen-bond acceptors (Lipinski definition) is 7. The van der Waals surface area contributed by atoms with Gasteiger partial charge in [-0.2, -0.15) is 0 Å². The Labute approximate surface area is 371 Å². The minimum Gasteiger partial charge on any atom is -0.351 e. The van der Waals surface area contributed by atoms with Crippen LogP contribution in [0.1, 0.15) is 60.5 Å². The van der Waals surface area contributed by atoms with E-state index in [1.807, 2.05) is 84.9 Å². The van der Waals surface area contributed by atoms with Crippen molar-refractivity contribution in [3.8, 4) is 0 Å². The van der Waals surface area contributed by atoms with Crippen molar-refractivity contribution >= 4 is 64.4 Å². The molecule has 0 bridgehead atoms. The van der Waals surface area contributed by atoms with Crippen LogP contribution in [0, 0.1) is 11.6 Å². The molecule has 0 aliphatic carbocycles. The molecule has 2 saturated heterocycles. The lowest BCUT2D eigenvalue weighted by Gasteiger charge is -2.37. The molecule has 2 aliphatic rings. The maximum absolute atomic E-state index is 14.9. The summed E-state index contributed by atoms with van der Waals surface area (Å²) in [5, 5.41) is 4.52. The summed E-state index contributed by atoms with van der Waals surface area (Å²) in [5.74, 6) is -4.07. The topological polar surface area (TPSA) is 113 Å². The Morgan fingerprint density at radius 1 is 0.730 bits per heavy atom. The third kappa shape index (κ3) is 9.33. The number of hydrogen-bond donors (Lipinski definition) is 2. The second-order valence-corrected chi connectivity index (χ2v) is 17.4. The van der Waals surface area contributed by atoms with Crippen molar-refractivity contribution in [3.63, 3.8) is 0 Å². The van der Waals surface area contributed by atoms with Crippen molar-refractivity contribution in [1.82, 2.24) is 15.5 Å². The molecule has 2 aliphatic heterocycles. The molecule has 0 radical (unpaired) electrons. The van der Waals surface area contributed by atoms with E-state index in [4.69, 9.17) is 0 Å². The molecule has 0 unspecified atom stereocenters. The van der Waals surface area contributed by atoms with Crippen molar-refractivity contribution in [1.29, 1.82) is 0 Å². The number of benzene rings is 6. The highest BCUT2D eigenvalue weighted by Crippen LogP contribution is 2.52. The molecule has 6 aromatic rings. The Kier molecular flexibility index (Phi) is 12.9. The van der Waals surface area contributed by atoms with Crippen LogP contribution in [0.2, 0.25) is 0 Å². The van der Waals surface area contributed by atoms with Crippen LogP contribution in [-0.4, -0.2) is 58.0 Å². The van der Waals surface area contributed by atoms with Crippen molar-refractivity contribution < 1.29 is 32.8 Å². The first-order valence-corrected chi connectivity index (χ1v) is 21.8. The number of nitrogens with one attached hydrogen (secondary N) is 2. The fourth-order valence-corrected chi connectivity index (χ4v) is 10.4. The first-order valence-electron chi connectivity index (χ1n) is 20.1. The van der Waals surface area contributed by atoms with E-state index in [0.717, 1.165) is 51.7 Å². The van der Waals surface area contributed by atoms with Crippen LogP contribution in [0.25, 0.3) is 12.2 Å². The number of carbonyl (C=O) groups is 5. The molecule has 2 atom stereocenters. The normalized spacial score (nSPS) is 17.0. The van der Waals surface area contributed by atoms with Crippen LogP contribution >= 0.6 is 23.5 Å². The lowest BCUT2D eigenvalue weighted by molar-refractivity contribution is -0.124. The van der Waals surface area contributed by atoms with E-state index < -0.39 is 51.2 Å². The Hall–Kier alpha value is -6.89. The summed E-state index contributed by atoms with van der Waals surface area (Å²) >= 11 is 2.51. The van der Waals surface area contributed by atoms with Gasteiger partial charge in [-0.15, -0.1) is 11.8 Å². The summed E-state index contributed by atoms with van der Waals surface area (Å²) in [4.78, 5) is 68.3. The molecule has 2 heterocycles. The van der Waals surface area contributed by atoms with E-state index in [9.17, 15) is 32.8 Å². The molecule has 4 amide bonds. The second-order valence-electron chi connectivity index (χ2n) is 14.9. The largest absolute Gasteiger partial charge is 0.351 e. The van der Waals surface area contributed by atoms with Crippen LogP contribution in [0.5, 0.6) is 0 Å². The summed E-state index contributed by atoms with van der Waals surface area (Å²) in [5.41, 5.74) is 4.17. The Balaban J connectivity index is 1.09. The standard InChI is InChI=1S/C51H39F2N3O5S2/c52-38-26-27-42(43(53)30-38)46(57)40-20-10-11-21-41(40)49(60)56-32-39(63-51(35-14-4-1-5-15-35,36-16-6-2-7-17-36)37-18-8-3-9-19-37)31-44(56)47(58)54-28-12-13-33-22-24-34(25-23-33)29-45-48(59)55-50(61)62-45/h1-27,29-30,39,44H,28,31-32H2,(H,54,58)(H,55,59,61)/t39-,44+/m1/s1. The van der Waals surface area contributed by atoms with Gasteiger partial charge in [0, 0.05) is 30.0 Å². The van der Waals surface area contributed by atoms with Crippen LogP contribution in [0.4, 0.5) is 13.6 Å². The zero-order chi connectivity index (χ0) is 43.9. The van der Waals surface area contributed by atoms with Crippen molar-refractivity contribution in [2.75, 3.05) is 13.1 Å². The molecular formula is C51H39F2N3O5S2. The van der Waals surface area contributed by atoms with E-state index in [2.05, 4.69) is 47.0 Å². The fourth-order valence-electron chi connectivity index (χ4n) is 7.92. The number of carbonyl (C=O) groups excluding carboxylic acids is 5. The summed E-state index contributed by atoms with van der Waals surface area (Å²) in [6.45, 7) is 0.288. The predicted molar refractivity (Wildman–Crippen MR) is 244 cm³/mol. The van der Waals surface area contributed by atoms with Gasteiger partial charge >= 0.3 is 0 Å². The third-order valence-corrected chi connectivity index (χ3v) is 13.4. The maximum Gasteiger partial charge on any atom is 0.290 e.